The minimum Gasteiger partial charge on any atom is -0.489 e. The van der Waals surface area contributed by atoms with E-state index in [-0.39, 0.29) is 12.3 Å². The van der Waals surface area contributed by atoms with Gasteiger partial charge in [0.05, 0.1) is 12.3 Å². The summed E-state index contributed by atoms with van der Waals surface area (Å²) in [6.45, 7) is 5.30. The lowest BCUT2D eigenvalue weighted by Crippen LogP contribution is -2.29. The Morgan fingerprint density at radius 2 is 2.00 bits per heavy atom. The molecule has 0 amide bonds. The van der Waals surface area contributed by atoms with Crippen LogP contribution in [0.5, 0.6) is 5.75 Å². The van der Waals surface area contributed by atoms with Crippen LogP contribution >= 0.6 is 11.3 Å². The molecule has 0 saturated heterocycles. The lowest BCUT2D eigenvalue weighted by Gasteiger charge is -2.27. The molecular weight excluding hydrogens is 418 g/mol. The number of thiophene rings is 1. The van der Waals surface area contributed by atoms with Crippen molar-refractivity contribution in [2.75, 3.05) is 6.54 Å². The molecule has 0 bridgehead atoms. The molecule has 1 aromatic heterocycles. The van der Waals surface area contributed by atoms with Crippen molar-refractivity contribution in [3.63, 3.8) is 0 Å². The number of rotatable bonds is 8. The van der Waals surface area contributed by atoms with Gasteiger partial charge in [0.25, 0.3) is 0 Å². The van der Waals surface area contributed by atoms with Gasteiger partial charge in [-0.15, -0.1) is 17.3 Å². The lowest BCUT2D eigenvalue weighted by molar-refractivity contribution is -0.137. The summed E-state index contributed by atoms with van der Waals surface area (Å²) >= 11 is 1.87. The zero-order valence-corrected chi connectivity index (χ0v) is 19.0. The fourth-order valence-electron chi connectivity index (χ4n) is 4.08. The van der Waals surface area contributed by atoms with Crippen LogP contribution in [0.15, 0.2) is 60.0 Å². The molecule has 3 aromatic rings. The Labute approximate surface area is 193 Å². The first-order chi connectivity index (χ1) is 15.6. The second-order valence-corrected chi connectivity index (χ2v) is 9.05. The van der Waals surface area contributed by atoms with Crippen LogP contribution < -0.4 is 4.74 Å². The number of carbonyl (C=O) groups is 1. The minimum atomic E-state index is -0.849. The highest BCUT2D eigenvalue weighted by Gasteiger charge is 2.17. The standard InChI is InChI=1S/C27H27NO3S/c1-2-4-23(16-27(29)30)22-7-9-25(10-8-22)31-19-21-6-3-5-20(15-21)17-28-13-11-26-24(18-28)12-14-32-26/h3,5-10,12,14-15,23H,11,13,16-19H2,1H3,(H,29,30)/t23-/m0/s1. The number of benzene rings is 2. The minimum absolute atomic E-state index is 0.00141. The highest BCUT2D eigenvalue weighted by Crippen LogP contribution is 2.26. The first-order valence-electron chi connectivity index (χ1n) is 10.8. The van der Waals surface area contributed by atoms with Crippen LogP contribution in [0, 0.1) is 11.8 Å². The average molecular weight is 446 g/mol. The summed E-state index contributed by atoms with van der Waals surface area (Å²) in [6.07, 6.45) is 1.14. The smallest absolute Gasteiger partial charge is 0.304 e. The quantitative estimate of drug-likeness (QED) is 0.467. The maximum absolute atomic E-state index is 11.1. The summed E-state index contributed by atoms with van der Waals surface area (Å²) in [4.78, 5) is 15.1. The topological polar surface area (TPSA) is 49.8 Å². The molecule has 1 atom stereocenters. The molecule has 0 unspecified atom stereocenters. The molecule has 0 aliphatic carbocycles. The Morgan fingerprint density at radius 3 is 2.78 bits per heavy atom. The summed E-state index contributed by atoms with van der Waals surface area (Å²) in [7, 11) is 0. The highest BCUT2D eigenvalue weighted by molar-refractivity contribution is 7.10. The Bertz CT molecular complexity index is 1120. The molecule has 0 fully saturated rings. The van der Waals surface area contributed by atoms with Gasteiger partial charge in [-0.3, -0.25) is 9.69 Å². The first kappa shape index (κ1) is 22.1. The second kappa shape index (κ2) is 10.5. The van der Waals surface area contributed by atoms with Crippen LogP contribution in [-0.2, 0) is 30.9 Å². The van der Waals surface area contributed by atoms with E-state index in [9.17, 15) is 4.79 Å². The van der Waals surface area contributed by atoms with Gasteiger partial charge in [-0.25, -0.2) is 0 Å². The lowest BCUT2D eigenvalue weighted by atomic mass is 9.96. The number of hydrogen-bond donors (Lipinski definition) is 1. The Hall–Kier alpha value is -3.07. The fourth-order valence-corrected chi connectivity index (χ4v) is 4.97. The number of nitrogens with zero attached hydrogens (tertiary/aromatic N) is 1. The largest absolute Gasteiger partial charge is 0.489 e. The molecule has 2 aromatic carbocycles. The third-order valence-electron chi connectivity index (χ3n) is 5.67. The molecule has 32 heavy (non-hydrogen) atoms. The molecule has 0 radical (unpaired) electrons. The molecule has 4 rings (SSSR count). The van der Waals surface area contributed by atoms with Crippen LogP contribution in [0.3, 0.4) is 0 Å². The number of aliphatic carboxylic acids is 1. The second-order valence-electron chi connectivity index (χ2n) is 8.05. The van der Waals surface area contributed by atoms with E-state index in [1.54, 1.807) is 6.92 Å². The summed E-state index contributed by atoms with van der Waals surface area (Å²) in [5.74, 6) is 5.41. The molecule has 164 valence electrons. The van der Waals surface area contributed by atoms with Gasteiger partial charge in [0.2, 0.25) is 0 Å². The van der Waals surface area contributed by atoms with E-state index in [1.165, 1.54) is 16.0 Å². The van der Waals surface area contributed by atoms with Gasteiger partial charge in [0, 0.05) is 24.5 Å². The van der Waals surface area contributed by atoms with Crippen LogP contribution in [0.25, 0.3) is 0 Å². The van der Waals surface area contributed by atoms with Gasteiger partial charge in [0.1, 0.15) is 12.4 Å². The van der Waals surface area contributed by atoms with Crippen molar-refractivity contribution in [3.05, 3.63) is 87.1 Å². The molecule has 2 heterocycles. The fraction of sp³-hybridized carbons (Fsp3) is 0.296. The van der Waals surface area contributed by atoms with E-state index in [2.05, 4.69) is 52.5 Å². The normalized spacial score (nSPS) is 14.2. The van der Waals surface area contributed by atoms with Gasteiger partial charge in [0.15, 0.2) is 0 Å². The van der Waals surface area contributed by atoms with Gasteiger partial charge < -0.3 is 9.84 Å². The van der Waals surface area contributed by atoms with Crippen LogP contribution in [0.1, 0.15) is 46.4 Å². The summed E-state index contributed by atoms with van der Waals surface area (Å²) in [5.41, 5.74) is 4.81. The number of fused-ring (bicyclic) bond motifs is 1. The van der Waals surface area contributed by atoms with E-state index in [0.717, 1.165) is 42.9 Å². The first-order valence-corrected chi connectivity index (χ1v) is 11.7. The number of carboxylic acid groups (broad SMARTS) is 1. The van der Waals surface area contributed by atoms with Crippen molar-refractivity contribution in [3.8, 4) is 17.6 Å². The summed E-state index contributed by atoms with van der Waals surface area (Å²) in [6, 6.07) is 18.4. The van der Waals surface area contributed by atoms with Crippen molar-refractivity contribution < 1.29 is 14.6 Å². The van der Waals surface area contributed by atoms with Gasteiger partial charge in [-0.05, 0) is 59.2 Å². The van der Waals surface area contributed by atoms with Crippen molar-refractivity contribution in [1.82, 2.24) is 4.90 Å². The SMILES string of the molecule is CC#C[C@@H](CC(=O)O)c1ccc(OCc2cccc(CN3CCc4sccc4C3)c2)cc1. The third kappa shape index (κ3) is 5.79. The van der Waals surface area contributed by atoms with Crippen molar-refractivity contribution in [1.29, 1.82) is 0 Å². The Morgan fingerprint density at radius 1 is 1.19 bits per heavy atom. The molecule has 5 heteroatoms. The average Bonchev–Trinajstić information content (AvgIpc) is 3.26. The summed E-state index contributed by atoms with van der Waals surface area (Å²) in [5, 5.41) is 11.3. The van der Waals surface area contributed by atoms with Gasteiger partial charge >= 0.3 is 5.97 Å². The van der Waals surface area contributed by atoms with Crippen molar-refractivity contribution >= 4 is 17.3 Å². The molecule has 0 saturated carbocycles. The van der Waals surface area contributed by atoms with E-state index < -0.39 is 5.97 Å². The van der Waals surface area contributed by atoms with E-state index >= 15 is 0 Å². The third-order valence-corrected chi connectivity index (χ3v) is 6.69. The maximum Gasteiger partial charge on any atom is 0.304 e. The molecule has 4 nitrogen and oxygen atoms in total. The van der Waals surface area contributed by atoms with Crippen LogP contribution in [0.4, 0.5) is 0 Å². The number of carboxylic acids is 1. The van der Waals surface area contributed by atoms with Gasteiger partial charge in [-0.2, -0.15) is 0 Å². The van der Waals surface area contributed by atoms with E-state index in [0.29, 0.717) is 6.61 Å². The maximum atomic E-state index is 11.1. The highest BCUT2D eigenvalue weighted by atomic mass is 32.1. The number of hydrogen-bond acceptors (Lipinski definition) is 4. The van der Waals surface area contributed by atoms with Crippen molar-refractivity contribution in [2.45, 2.75) is 45.4 Å². The van der Waals surface area contributed by atoms with E-state index in [1.807, 2.05) is 35.6 Å². The summed E-state index contributed by atoms with van der Waals surface area (Å²) < 4.78 is 5.98. The van der Waals surface area contributed by atoms with E-state index in [4.69, 9.17) is 9.84 Å². The predicted molar refractivity (Wildman–Crippen MR) is 128 cm³/mol. The Kier molecular flexibility index (Phi) is 7.26. The molecule has 1 aliphatic heterocycles. The molecule has 0 spiro atoms. The zero-order chi connectivity index (χ0) is 22.3. The van der Waals surface area contributed by atoms with Crippen LogP contribution in [-0.4, -0.2) is 22.5 Å². The van der Waals surface area contributed by atoms with Crippen LogP contribution in [0.2, 0.25) is 0 Å². The zero-order valence-electron chi connectivity index (χ0n) is 18.2. The Balaban J connectivity index is 1.34. The molecular formula is C27H27NO3S. The van der Waals surface area contributed by atoms with Crippen molar-refractivity contribution in [2.24, 2.45) is 0 Å². The predicted octanol–water partition coefficient (Wildman–Crippen LogP) is 5.47. The molecule has 1 N–H and O–H groups in total. The monoisotopic (exact) mass is 445 g/mol. The van der Waals surface area contributed by atoms with Gasteiger partial charge in [-0.1, -0.05) is 42.3 Å². The number of ether oxygens (including phenoxy) is 1. The molecule has 1 aliphatic rings.